The number of hydrogen-bond donors (Lipinski definition) is 1. The smallest absolute Gasteiger partial charge is 0.0113 e. The summed E-state index contributed by atoms with van der Waals surface area (Å²) in [5, 5.41) is 3.51. The third-order valence-corrected chi connectivity index (χ3v) is 5.68. The van der Waals surface area contributed by atoms with Gasteiger partial charge in [-0.3, -0.25) is 4.90 Å². The zero-order valence-corrected chi connectivity index (χ0v) is 11.7. The van der Waals surface area contributed by atoms with Crippen LogP contribution in [0.3, 0.4) is 0 Å². The van der Waals surface area contributed by atoms with Gasteiger partial charge in [0.15, 0.2) is 0 Å². The molecule has 0 aromatic rings. The summed E-state index contributed by atoms with van der Waals surface area (Å²) in [6.07, 6.45) is 8.60. The molecular formula is C15H28N2. The molecule has 3 fully saturated rings. The van der Waals surface area contributed by atoms with Crippen molar-refractivity contribution in [3.8, 4) is 0 Å². The van der Waals surface area contributed by atoms with Crippen LogP contribution in [0.15, 0.2) is 0 Å². The van der Waals surface area contributed by atoms with Gasteiger partial charge in [-0.15, -0.1) is 0 Å². The van der Waals surface area contributed by atoms with E-state index in [-0.39, 0.29) is 0 Å². The molecule has 0 aromatic heterocycles. The van der Waals surface area contributed by atoms with E-state index in [0.717, 1.165) is 24.0 Å². The average molecular weight is 236 g/mol. The van der Waals surface area contributed by atoms with Gasteiger partial charge in [-0.05, 0) is 50.5 Å². The molecular weight excluding hydrogens is 208 g/mol. The van der Waals surface area contributed by atoms with Gasteiger partial charge in [-0.1, -0.05) is 20.3 Å². The van der Waals surface area contributed by atoms with Gasteiger partial charge < -0.3 is 5.32 Å². The summed E-state index contributed by atoms with van der Waals surface area (Å²) in [5.74, 6) is 0.983. The first-order valence-electron chi connectivity index (χ1n) is 7.53. The first kappa shape index (κ1) is 12.0. The molecule has 98 valence electrons. The van der Waals surface area contributed by atoms with E-state index >= 15 is 0 Å². The van der Waals surface area contributed by atoms with Gasteiger partial charge >= 0.3 is 0 Å². The maximum absolute atomic E-state index is 3.51. The number of rotatable bonds is 3. The fourth-order valence-electron chi connectivity index (χ4n) is 4.15. The Morgan fingerprint density at radius 3 is 2.24 bits per heavy atom. The number of piperidine rings is 2. The van der Waals surface area contributed by atoms with E-state index in [1.54, 1.807) is 0 Å². The minimum Gasteiger partial charge on any atom is -0.317 e. The van der Waals surface area contributed by atoms with Crippen LogP contribution in [-0.2, 0) is 0 Å². The Bertz CT molecular complexity index is 273. The van der Waals surface area contributed by atoms with Crippen molar-refractivity contribution in [3.63, 3.8) is 0 Å². The van der Waals surface area contributed by atoms with Crippen LogP contribution in [0.2, 0.25) is 0 Å². The lowest BCUT2D eigenvalue weighted by molar-refractivity contribution is 0.0197. The van der Waals surface area contributed by atoms with Gasteiger partial charge in [0, 0.05) is 24.7 Å². The molecule has 3 aliphatic rings. The third-order valence-electron chi connectivity index (χ3n) is 5.68. The lowest BCUT2D eigenvalue weighted by atomic mass is 9.81. The van der Waals surface area contributed by atoms with E-state index in [1.807, 2.05) is 0 Å². The molecule has 2 heterocycles. The lowest BCUT2D eigenvalue weighted by Crippen LogP contribution is -2.56. The van der Waals surface area contributed by atoms with E-state index in [1.165, 1.54) is 45.1 Å². The van der Waals surface area contributed by atoms with E-state index in [0.29, 0.717) is 5.41 Å². The number of hydrogen-bond acceptors (Lipinski definition) is 2. The van der Waals surface area contributed by atoms with E-state index in [9.17, 15) is 0 Å². The second-order valence-electron chi connectivity index (χ2n) is 7.28. The maximum atomic E-state index is 3.51. The lowest BCUT2D eigenvalue weighted by Gasteiger charge is -2.49. The SMILES string of the molecule is CNC1CC2CCCC(C1)N2CC1CC1(C)C. The summed E-state index contributed by atoms with van der Waals surface area (Å²) in [4.78, 5) is 2.89. The first-order valence-corrected chi connectivity index (χ1v) is 7.53. The van der Waals surface area contributed by atoms with Gasteiger partial charge in [0.25, 0.3) is 0 Å². The fourth-order valence-corrected chi connectivity index (χ4v) is 4.15. The van der Waals surface area contributed by atoms with Crippen LogP contribution in [-0.4, -0.2) is 36.6 Å². The summed E-state index contributed by atoms with van der Waals surface area (Å²) in [7, 11) is 2.14. The molecule has 1 aliphatic carbocycles. The first-order chi connectivity index (χ1) is 8.10. The zero-order chi connectivity index (χ0) is 12.0. The molecule has 2 nitrogen and oxygen atoms in total. The fraction of sp³-hybridized carbons (Fsp3) is 1.00. The molecule has 0 amide bonds. The normalized spacial score (nSPS) is 44.6. The summed E-state index contributed by atoms with van der Waals surface area (Å²) >= 11 is 0. The maximum Gasteiger partial charge on any atom is 0.0113 e. The molecule has 3 unspecified atom stereocenters. The standard InChI is InChI=1S/C15H28N2/c1-15(2)9-11(15)10-17-13-5-4-6-14(17)8-12(7-13)16-3/h11-14,16H,4-10H2,1-3H3. The topological polar surface area (TPSA) is 15.3 Å². The van der Waals surface area contributed by atoms with Crippen molar-refractivity contribution >= 4 is 0 Å². The van der Waals surface area contributed by atoms with E-state index in [4.69, 9.17) is 0 Å². The minimum atomic E-state index is 0.647. The molecule has 2 saturated heterocycles. The molecule has 17 heavy (non-hydrogen) atoms. The number of fused-ring (bicyclic) bond motifs is 2. The molecule has 3 rings (SSSR count). The second kappa shape index (κ2) is 4.24. The molecule has 1 N–H and O–H groups in total. The highest BCUT2D eigenvalue weighted by Crippen LogP contribution is 2.53. The quantitative estimate of drug-likeness (QED) is 0.810. The molecule has 1 saturated carbocycles. The van der Waals surface area contributed by atoms with Crippen molar-refractivity contribution in [2.24, 2.45) is 11.3 Å². The number of nitrogens with one attached hydrogen (secondary N) is 1. The molecule has 0 aromatic carbocycles. The van der Waals surface area contributed by atoms with Crippen LogP contribution in [0.5, 0.6) is 0 Å². The largest absolute Gasteiger partial charge is 0.317 e. The third kappa shape index (κ3) is 2.26. The highest BCUT2D eigenvalue weighted by atomic mass is 15.2. The van der Waals surface area contributed by atoms with Crippen LogP contribution in [0.1, 0.15) is 52.4 Å². The molecule has 2 heteroatoms. The Balaban J connectivity index is 1.64. The summed E-state index contributed by atoms with van der Waals surface area (Å²) in [5.41, 5.74) is 0.647. The minimum absolute atomic E-state index is 0.647. The van der Waals surface area contributed by atoms with E-state index in [2.05, 4.69) is 31.1 Å². The van der Waals surface area contributed by atoms with Crippen molar-refractivity contribution in [1.82, 2.24) is 10.2 Å². The molecule has 2 bridgehead atoms. The molecule has 3 atom stereocenters. The van der Waals surface area contributed by atoms with Crippen molar-refractivity contribution in [1.29, 1.82) is 0 Å². The average Bonchev–Trinajstić information content (AvgIpc) is 2.85. The summed E-state index contributed by atoms with van der Waals surface area (Å²) in [6.45, 7) is 6.26. The van der Waals surface area contributed by atoms with Crippen LogP contribution in [0.4, 0.5) is 0 Å². The van der Waals surface area contributed by atoms with Gasteiger partial charge in [0.05, 0.1) is 0 Å². The second-order valence-corrected chi connectivity index (χ2v) is 7.28. The Labute approximate surface area is 106 Å². The van der Waals surface area contributed by atoms with Gasteiger partial charge in [-0.25, -0.2) is 0 Å². The predicted molar refractivity (Wildman–Crippen MR) is 72.1 cm³/mol. The highest BCUT2D eigenvalue weighted by Gasteiger charge is 2.48. The summed E-state index contributed by atoms with van der Waals surface area (Å²) < 4.78 is 0. The Kier molecular flexibility index (Phi) is 2.99. The Hall–Kier alpha value is -0.0800. The zero-order valence-electron chi connectivity index (χ0n) is 11.7. The molecule has 2 aliphatic heterocycles. The van der Waals surface area contributed by atoms with Crippen molar-refractivity contribution < 1.29 is 0 Å². The van der Waals surface area contributed by atoms with Crippen molar-refractivity contribution in [2.45, 2.75) is 70.5 Å². The predicted octanol–water partition coefficient (Wildman–Crippen LogP) is 2.64. The van der Waals surface area contributed by atoms with Crippen LogP contribution < -0.4 is 5.32 Å². The highest BCUT2D eigenvalue weighted by molar-refractivity contribution is 5.01. The van der Waals surface area contributed by atoms with Crippen LogP contribution in [0, 0.1) is 11.3 Å². The Morgan fingerprint density at radius 2 is 1.76 bits per heavy atom. The number of nitrogens with zero attached hydrogens (tertiary/aromatic N) is 1. The van der Waals surface area contributed by atoms with Gasteiger partial charge in [0.2, 0.25) is 0 Å². The Morgan fingerprint density at radius 1 is 1.18 bits per heavy atom. The van der Waals surface area contributed by atoms with Crippen LogP contribution >= 0.6 is 0 Å². The van der Waals surface area contributed by atoms with Gasteiger partial charge in [-0.2, -0.15) is 0 Å². The van der Waals surface area contributed by atoms with Gasteiger partial charge in [0.1, 0.15) is 0 Å². The van der Waals surface area contributed by atoms with Crippen molar-refractivity contribution in [2.75, 3.05) is 13.6 Å². The molecule has 0 radical (unpaired) electrons. The van der Waals surface area contributed by atoms with E-state index < -0.39 is 0 Å². The van der Waals surface area contributed by atoms with Crippen molar-refractivity contribution in [3.05, 3.63) is 0 Å². The monoisotopic (exact) mass is 236 g/mol. The van der Waals surface area contributed by atoms with Crippen LogP contribution in [0.25, 0.3) is 0 Å². The molecule has 0 spiro atoms. The summed E-state index contributed by atoms with van der Waals surface area (Å²) in [6, 6.07) is 2.56.